The molecule has 0 aliphatic rings. The molecular formula is C13H19O6S-. The number of hydrogen-bond acceptors (Lipinski definition) is 6. The second-order valence-corrected chi connectivity index (χ2v) is 5.86. The third-order valence-electron chi connectivity index (χ3n) is 3.37. The van der Waals surface area contributed by atoms with Crippen molar-refractivity contribution in [3.05, 3.63) is 11.1 Å². The highest BCUT2D eigenvalue weighted by Gasteiger charge is 2.28. The quantitative estimate of drug-likeness (QED) is 0.837. The smallest absolute Gasteiger partial charge is 0.203 e. The van der Waals surface area contributed by atoms with Crippen molar-refractivity contribution in [3.63, 3.8) is 0 Å². The molecule has 0 amide bonds. The summed E-state index contributed by atoms with van der Waals surface area (Å²) in [6, 6.07) is 0. The van der Waals surface area contributed by atoms with Crippen LogP contribution in [0.15, 0.2) is 4.90 Å². The molecule has 0 aliphatic carbocycles. The third-order valence-corrected chi connectivity index (χ3v) is 4.40. The van der Waals surface area contributed by atoms with Crippen molar-refractivity contribution in [1.29, 1.82) is 0 Å². The molecule has 1 aromatic rings. The van der Waals surface area contributed by atoms with Gasteiger partial charge in [0.1, 0.15) is 10.1 Å². The van der Waals surface area contributed by atoms with E-state index >= 15 is 0 Å². The summed E-state index contributed by atoms with van der Waals surface area (Å²) < 4.78 is 44.9. The van der Waals surface area contributed by atoms with Crippen LogP contribution >= 0.6 is 0 Å². The van der Waals surface area contributed by atoms with Crippen molar-refractivity contribution in [2.75, 3.05) is 14.2 Å². The maximum absolute atomic E-state index is 11.6. The molecule has 0 fully saturated rings. The number of benzene rings is 1. The van der Waals surface area contributed by atoms with Gasteiger partial charge in [0.15, 0.2) is 11.5 Å². The highest BCUT2D eigenvalue weighted by atomic mass is 32.2. The Morgan fingerprint density at radius 2 is 1.75 bits per heavy atom. The van der Waals surface area contributed by atoms with Crippen molar-refractivity contribution in [2.24, 2.45) is 0 Å². The lowest BCUT2D eigenvalue weighted by Gasteiger charge is -2.25. The summed E-state index contributed by atoms with van der Waals surface area (Å²) in [6.07, 6.45) is 0.603. The zero-order chi connectivity index (χ0) is 15.7. The van der Waals surface area contributed by atoms with E-state index in [4.69, 9.17) is 9.47 Å². The SMILES string of the molecule is CCC(C)c1c(OC)c(OC)c(O)c(C)c1S(=O)(=O)[O-]. The lowest BCUT2D eigenvalue weighted by Crippen LogP contribution is -2.11. The fourth-order valence-corrected chi connectivity index (χ4v) is 3.21. The van der Waals surface area contributed by atoms with E-state index in [2.05, 4.69) is 0 Å². The average molecular weight is 303 g/mol. The molecule has 7 heteroatoms. The first kappa shape index (κ1) is 16.6. The molecule has 0 heterocycles. The largest absolute Gasteiger partial charge is 0.744 e. The summed E-state index contributed by atoms with van der Waals surface area (Å²) in [6.45, 7) is 5.01. The van der Waals surface area contributed by atoms with Crippen molar-refractivity contribution >= 4 is 10.1 Å². The van der Waals surface area contributed by atoms with Crippen molar-refractivity contribution in [2.45, 2.75) is 38.0 Å². The molecule has 0 saturated carbocycles. The van der Waals surface area contributed by atoms with Gasteiger partial charge in [0, 0.05) is 11.1 Å². The molecule has 1 N–H and O–H groups in total. The first-order valence-corrected chi connectivity index (χ1v) is 7.54. The molecule has 0 spiro atoms. The van der Waals surface area contributed by atoms with E-state index < -0.39 is 20.8 Å². The summed E-state index contributed by atoms with van der Waals surface area (Å²) in [5.41, 5.74) is 0.227. The van der Waals surface area contributed by atoms with E-state index in [1.54, 1.807) is 6.92 Å². The summed E-state index contributed by atoms with van der Waals surface area (Å²) >= 11 is 0. The first-order valence-electron chi connectivity index (χ1n) is 6.13. The minimum absolute atomic E-state index is 0.0204. The monoisotopic (exact) mass is 303 g/mol. The first-order chi connectivity index (χ1) is 9.20. The maximum Gasteiger partial charge on any atom is 0.203 e. The second kappa shape index (κ2) is 5.88. The van der Waals surface area contributed by atoms with E-state index in [9.17, 15) is 18.1 Å². The van der Waals surface area contributed by atoms with E-state index in [1.807, 2.05) is 6.92 Å². The Labute approximate surface area is 119 Å². The Kier molecular flexibility index (Phi) is 4.88. The zero-order valence-corrected chi connectivity index (χ0v) is 13.0. The van der Waals surface area contributed by atoms with Crippen molar-refractivity contribution in [1.82, 2.24) is 0 Å². The van der Waals surface area contributed by atoms with Gasteiger partial charge in [-0.25, -0.2) is 8.42 Å². The molecule has 0 radical (unpaired) electrons. The molecule has 1 atom stereocenters. The van der Waals surface area contributed by atoms with Gasteiger partial charge in [-0.05, 0) is 19.3 Å². The number of phenols is 1. The lowest BCUT2D eigenvalue weighted by molar-refractivity contribution is 0.324. The van der Waals surface area contributed by atoms with Crippen LogP contribution in [0.4, 0.5) is 0 Å². The second-order valence-electron chi connectivity index (χ2n) is 4.55. The fourth-order valence-electron chi connectivity index (χ4n) is 2.18. The molecule has 1 rings (SSSR count). The molecule has 0 saturated heterocycles. The molecule has 0 aliphatic heterocycles. The van der Waals surface area contributed by atoms with E-state index in [0.717, 1.165) is 0 Å². The number of methoxy groups -OCH3 is 2. The van der Waals surface area contributed by atoms with Crippen LogP contribution in [0.25, 0.3) is 0 Å². The van der Waals surface area contributed by atoms with Gasteiger partial charge in [-0.3, -0.25) is 0 Å². The van der Waals surface area contributed by atoms with Crippen LogP contribution in [-0.2, 0) is 10.1 Å². The third kappa shape index (κ3) is 2.69. The van der Waals surface area contributed by atoms with Gasteiger partial charge in [-0.1, -0.05) is 13.8 Å². The van der Waals surface area contributed by atoms with Crippen LogP contribution < -0.4 is 9.47 Å². The van der Waals surface area contributed by atoms with E-state index in [0.29, 0.717) is 6.42 Å². The number of hydrogen-bond donors (Lipinski definition) is 1. The molecule has 0 bridgehead atoms. The number of aromatic hydroxyl groups is 1. The molecule has 1 aromatic carbocycles. The number of rotatable bonds is 5. The molecule has 114 valence electrons. The zero-order valence-electron chi connectivity index (χ0n) is 12.2. The Balaban J connectivity index is 3.97. The van der Waals surface area contributed by atoms with Crippen LogP contribution in [0, 0.1) is 6.92 Å². The Morgan fingerprint density at radius 3 is 2.10 bits per heavy atom. The summed E-state index contributed by atoms with van der Waals surface area (Å²) in [7, 11) is -2.08. The highest BCUT2D eigenvalue weighted by molar-refractivity contribution is 7.85. The molecular weight excluding hydrogens is 284 g/mol. The summed E-state index contributed by atoms with van der Waals surface area (Å²) in [4.78, 5) is -0.429. The van der Waals surface area contributed by atoms with Crippen LogP contribution in [-0.4, -0.2) is 32.3 Å². The van der Waals surface area contributed by atoms with Crippen molar-refractivity contribution in [3.8, 4) is 17.2 Å². The van der Waals surface area contributed by atoms with Crippen LogP contribution in [0.3, 0.4) is 0 Å². The predicted octanol–water partition coefficient (Wildman–Crippen LogP) is 2.14. The minimum atomic E-state index is -4.74. The fraction of sp³-hybridized carbons (Fsp3) is 0.538. The Morgan fingerprint density at radius 1 is 1.25 bits per heavy atom. The normalized spacial score (nSPS) is 13.1. The molecule has 6 nitrogen and oxygen atoms in total. The topological polar surface area (TPSA) is 95.9 Å². The van der Waals surface area contributed by atoms with E-state index in [1.165, 1.54) is 21.1 Å². The Bertz CT molecular complexity index is 606. The molecule has 0 aromatic heterocycles. The van der Waals surface area contributed by atoms with Crippen LogP contribution in [0.2, 0.25) is 0 Å². The number of ether oxygens (including phenoxy) is 2. The highest BCUT2D eigenvalue weighted by Crippen LogP contribution is 2.48. The molecule has 1 unspecified atom stereocenters. The minimum Gasteiger partial charge on any atom is -0.744 e. The van der Waals surface area contributed by atoms with Crippen LogP contribution in [0.1, 0.15) is 37.3 Å². The Hall–Kier alpha value is -1.47. The van der Waals surface area contributed by atoms with E-state index in [-0.39, 0.29) is 28.5 Å². The standard InChI is InChI=1S/C13H20O6S/c1-6-7(2)9-11(18-4)12(19-5)10(14)8(3)13(9)20(15,16)17/h7,14H,6H2,1-5H3,(H,15,16,17)/p-1. The van der Waals surface area contributed by atoms with Gasteiger partial charge in [0.05, 0.1) is 19.1 Å². The predicted molar refractivity (Wildman–Crippen MR) is 72.6 cm³/mol. The summed E-state index contributed by atoms with van der Waals surface area (Å²) in [5, 5.41) is 10.0. The van der Waals surface area contributed by atoms with Crippen LogP contribution in [0.5, 0.6) is 17.2 Å². The summed E-state index contributed by atoms with van der Waals surface area (Å²) in [5.74, 6) is -0.519. The van der Waals surface area contributed by atoms with Gasteiger partial charge >= 0.3 is 0 Å². The van der Waals surface area contributed by atoms with Crippen molar-refractivity contribution < 1.29 is 27.6 Å². The van der Waals surface area contributed by atoms with Gasteiger partial charge in [-0.15, -0.1) is 0 Å². The van der Waals surface area contributed by atoms with Gasteiger partial charge in [-0.2, -0.15) is 0 Å². The lowest BCUT2D eigenvalue weighted by atomic mass is 9.94. The maximum atomic E-state index is 11.6. The average Bonchev–Trinajstić information content (AvgIpc) is 2.38. The number of phenolic OH excluding ortho intramolecular Hbond substituents is 1. The van der Waals surface area contributed by atoms with Gasteiger partial charge in [0.2, 0.25) is 5.75 Å². The van der Waals surface area contributed by atoms with Gasteiger partial charge in [0.25, 0.3) is 0 Å². The molecule has 20 heavy (non-hydrogen) atoms. The van der Waals surface area contributed by atoms with Gasteiger partial charge < -0.3 is 19.1 Å².